The van der Waals surface area contributed by atoms with Crippen molar-refractivity contribution in [3.8, 4) is 11.6 Å². The highest BCUT2D eigenvalue weighted by Crippen LogP contribution is 2.30. The Morgan fingerprint density at radius 3 is 2.89 bits per heavy atom. The van der Waals surface area contributed by atoms with Gasteiger partial charge in [0.25, 0.3) is 0 Å². The third kappa shape index (κ3) is 5.51. The number of morpholine rings is 1. The van der Waals surface area contributed by atoms with E-state index in [1.54, 1.807) is 43.8 Å². The normalized spacial score (nSPS) is 14.2. The van der Waals surface area contributed by atoms with Gasteiger partial charge in [0.2, 0.25) is 11.9 Å². The zero-order valence-corrected chi connectivity index (χ0v) is 19.9. The first-order valence-electron chi connectivity index (χ1n) is 11.7. The highest BCUT2D eigenvalue weighted by atomic mass is 16.5. The average Bonchev–Trinajstić information content (AvgIpc) is 3.34. The monoisotopic (exact) mass is 485 g/mol. The number of amides is 1. The van der Waals surface area contributed by atoms with Gasteiger partial charge in [-0.15, -0.1) is 0 Å². The second-order valence-corrected chi connectivity index (χ2v) is 8.19. The molecule has 0 bridgehead atoms. The molecule has 0 atom stereocenters. The summed E-state index contributed by atoms with van der Waals surface area (Å²) in [7, 11) is 1.59. The molecule has 10 nitrogen and oxygen atoms in total. The van der Waals surface area contributed by atoms with Gasteiger partial charge in [0, 0.05) is 55.4 Å². The molecule has 36 heavy (non-hydrogen) atoms. The third-order valence-corrected chi connectivity index (χ3v) is 5.79. The maximum Gasteiger partial charge on any atom is 0.248 e. The van der Waals surface area contributed by atoms with Crippen LogP contribution >= 0.6 is 0 Å². The molecule has 3 aromatic heterocycles. The molecule has 1 aliphatic heterocycles. The molecule has 4 aromatic rings. The molecule has 10 heteroatoms. The summed E-state index contributed by atoms with van der Waals surface area (Å²) in [5, 5.41) is 7.12. The maximum absolute atomic E-state index is 12.4. The van der Waals surface area contributed by atoms with E-state index in [0.29, 0.717) is 35.4 Å². The largest absolute Gasteiger partial charge is 0.495 e. The van der Waals surface area contributed by atoms with Crippen molar-refractivity contribution in [3.05, 3.63) is 73.2 Å². The van der Waals surface area contributed by atoms with Gasteiger partial charge in [0.15, 0.2) is 0 Å². The lowest BCUT2D eigenvalue weighted by Gasteiger charge is -2.25. The lowest BCUT2D eigenvalue weighted by atomic mass is 10.2. The van der Waals surface area contributed by atoms with Gasteiger partial charge in [-0.05, 0) is 42.5 Å². The van der Waals surface area contributed by atoms with E-state index in [1.165, 1.54) is 0 Å². The Labute approximate surface area is 208 Å². The molecule has 4 heterocycles. The van der Waals surface area contributed by atoms with Crippen LogP contribution in [0, 0.1) is 0 Å². The summed E-state index contributed by atoms with van der Waals surface area (Å²) in [6.45, 7) is 3.92. The lowest BCUT2D eigenvalue weighted by Crippen LogP contribution is -2.36. The predicted molar refractivity (Wildman–Crippen MR) is 138 cm³/mol. The average molecular weight is 486 g/mol. The number of carbonyl (C=O) groups is 1. The van der Waals surface area contributed by atoms with Crippen molar-refractivity contribution in [1.82, 2.24) is 24.4 Å². The number of nitrogens with zero attached hydrogens (tertiary/aromatic N) is 5. The van der Waals surface area contributed by atoms with E-state index < -0.39 is 0 Å². The Morgan fingerprint density at radius 2 is 2.03 bits per heavy atom. The Kier molecular flexibility index (Phi) is 7.15. The number of hydrogen-bond donors (Lipinski definition) is 2. The van der Waals surface area contributed by atoms with Crippen molar-refractivity contribution < 1.29 is 14.3 Å². The van der Waals surface area contributed by atoms with Crippen molar-refractivity contribution in [2.24, 2.45) is 0 Å². The number of hydrogen-bond acceptors (Lipinski definition) is 8. The number of pyridine rings is 1. The number of benzene rings is 1. The quantitative estimate of drug-likeness (QED) is 0.366. The fourth-order valence-electron chi connectivity index (χ4n) is 3.98. The molecular formula is C26H27N7O3. The molecule has 1 fully saturated rings. The van der Waals surface area contributed by atoms with Crippen LogP contribution in [-0.4, -0.2) is 70.3 Å². The first-order chi connectivity index (χ1) is 17.7. The fourth-order valence-corrected chi connectivity index (χ4v) is 3.98. The van der Waals surface area contributed by atoms with Crippen LogP contribution < -0.4 is 15.4 Å². The van der Waals surface area contributed by atoms with Crippen molar-refractivity contribution in [2.45, 2.75) is 0 Å². The van der Waals surface area contributed by atoms with Gasteiger partial charge in [-0.3, -0.25) is 14.3 Å². The molecule has 0 radical (unpaired) electrons. The van der Waals surface area contributed by atoms with Gasteiger partial charge >= 0.3 is 0 Å². The van der Waals surface area contributed by atoms with Crippen molar-refractivity contribution in [2.75, 3.05) is 50.6 Å². The standard InChI is InChI=1S/C26H27N7O3/c1-35-22-7-6-20(29-24(34)5-3-12-32-14-16-36-17-15-32)18-21(22)30-26-28-11-8-23(31-26)33-13-9-19-4-2-10-27-25(19)33/h2-11,13,18H,12,14-17H2,1H3,(H,29,34)(H,28,30,31)/b5-3+. The fraction of sp³-hybridized carbons (Fsp3) is 0.231. The smallest absolute Gasteiger partial charge is 0.248 e. The summed E-state index contributed by atoms with van der Waals surface area (Å²) in [5.41, 5.74) is 2.06. The summed E-state index contributed by atoms with van der Waals surface area (Å²) in [6.07, 6.45) is 8.77. The molecule has 184 valence electrons. The molecule has 0 saturated carbocycles. The summed E-state index contributed by atoms with van der Waals surface area (Å²) < 4.78 is 12.7. The molecular weight excluding hydrogens is 458 g/mol. The molecule has 2 N–H and O–H groups in total. The zero-order valence-electron chi connectivity index (χ0n) is 19.9. The molecule has 1 aliphatic rings. The summed E-state index contributed by atoms with van der Waals surface area (Å²) >= 11 is 0. The van der Waals surface area contributed by atoms with Gasteiger partial charge in [0.05, 0.1) is 26.0 Å². The number of carbonyl (C=O) groups excluding carboxylic acids is 1. The number of ether oxygens (including phenoxy) is 2. The van der Waals surface area contributed by atoms with Crippen LogP contribution in [0.4, 0.5) is 17.3 Å². The Bertz CT molecular complexity index is 1380. The minimum Gasteiger partial charge on any atom is -0.495 e. The predicted octanol–water partition coefficient (Wildman–Crippen LogP) is 3.39. The number of methoxy groups -OCH3 is 1. The summed E-state index contributed by atoms with van der Waals surface area (Å²) in [4.78, 5) is 28.1. The van der Waals surface area contributed by atoms with Gasteiger partial charge in [-0.25, -0.2) is 9.97 Å². The first kappa shape index (κ1) is 23.5. The van der Waals surface area contributed by atoms with Crippen LogP contribution in [0.3, 0.4) is 0 Å². The molecule has 0 aliphatic carbocycles. The van der Waals surface area contributed by atoms with E-state index in [0.717, 1.165) is 37.3 Å². The van der Waals surface area contributed by atoms with Crippen molar-refractivity contribution in [3.63, 3.8) is 0 Å². The van der Waals surface area contributed by atoms with Gasteiger partial charge < -0.3 is 20.1 Å². The van der Waals surface area contributed by atoms with Crippen molar-refractivity contribution in [1.29, 1.82) is 0 Å². The molecule has 1 saturated heterocycles. The topological polar surface area (TPSA) is 106 Å². The lowest BCUT2D eigenvalue weighted by molar-refractivity contribution is -0.111. The second kappa shape index (κ2) is 11.0. The molecule has 5 rings (SSSR count). The Balaban J connectivity index is 1.29. The van der Waals surface area contributed by atoms with E-state index in [9.17, 15) is 4.79 Å². The van der Waals surface area contributed by atoms with E-state index >= 15 is 0 Å². The molecule has 0 unspecified atom stereocenters. The van der Waals surface area contributed by atoms with E-state index in [-0.39, 0.29) is 5.91 Å². The van der Waals surface area contributed by atoms with Crippen LogP contribution in [0.25, 0.3) is 16.9 Å². The van der Waals surface area contributed by atoms with Crippen LogP contribution in [0.2, 0.25) is 0 Å². The van der Waals surface area contributed by atoms with E-state index in [4.69, 9.17) is 9.47 Å². The number of fused-ring (bicyclic) bond motifs is 1. The number of nitrogens with one attached hydrogen (secondary N) is 2. The van der Waals surface area contributed by atoms with Crippen molar-refractivity contribution >= 4 is 34.3 Å². The molecule has 1 amide bonds. The van der Waals surface area contributed by atoms with E-state index in [2.05, 4.69) is 30.5 Å². The number of aromatic nitrogens is 4. The SMILES string of the molecule is COc1ccc(NC(=O)/C=C/CN2CCOCC2)cc1Nc1nccc(-n2ccc3cccnc32)n1. The minimum atomic E-state index is -0.204. The molecule has 1 aromatic carbocycles. The number of rotatable bonds is 8. The van der Waals surface area contributed by atoms with E-state index in [1.807, 2.05) is 41.1 Å². The zero-order chi connectivity index (χ0) is 24.7. The van der Waals surface area contributed by atoms with Crippen LogP contribution in [0.1, 0.15) is 0 Å². The number of anilines is 3. The Morgan fingerprint density at radius 1 is 1.14 bits per heavy atom. The van der Waals surface area contributed by atoms with Crippen LogP contribution in [0.5, 0.6) is 5.75 Å². The summed E-state index contributed by atoms with van der Waals surface area (Å²) in [5.74, 6) is 1.45. The highest BCUT2D eigenvalue weighted by Gasteiger charge is 2.11. The second-order valence-electron chi connectivity index (χ2n) is 8.19. The summed E-state index contributed by atoms with van der Waals surface area (Å²) in [6, 6.07) is 13.1. The van der Waals surface area contributed by atoms with Gasteiger partial charge in [0.1, 0.15) is 17.2 Å². The highest BCUT2D eigenvalue weighted by molar-refractivity contribution is 5.99. The third-order valence-electron chi connectivity index (χ3n) is 5.79. The Hall–Kier alpha value is -4.28. The molecule has 0 spiro atoms. The maximum atomic E-state index is 12.4. The van der Waals surface area contributed by atoms with Gasteiger partial charge in [-0.1, -0.05) is 6.08 Å². The first-order valence-corrected chi connectivity index (χ1v) is 11.7. The van der Waals surface area contributed by atoms with Gasteiger partial charge in [-0.2, -0.15) is 4.98 Å². The minimum absolute atomic E-state index is 0.204. The van der Waals surface area contributed by atoms with Crippen LogP contribution in [0.15, 0.2) is 73.2 Å². The van der Waals surface area contributed by atoms with Crippen LogP contribution in [-0.2, 0) is 9.53 Å².